The molecule has 217 valence electrons. The van der Waals surface area contributed by atoms with Crippen LogP contribution in [0.1, 0.15) is 38.8 Å². The summed E-state index contributed by atoms with van der Waals surface area (Å²) in [5.74, 6) is 0. The van der Waals surface area contributed by atoms with Gasteiger partial charge in [0.1, 0.15) is 4.83 Å². The zero-order chi connectivity index (χ0) is 33.4. The number of aryl methyl sites for hydroxylation is 1. The molecule has 0 N–H and O–H groups in total. The summed E-state index contributed by atoms with van der Waals surface area (Å²) in [5, 5.41) is 2.37. The minimum atomic E-state index is -2.25. The van der Waals surface area contributed by atoms with Crippen LogP contribution < -0.4 is 0 Å². The van der Waals surface area contributed by atoms with Crippen LogP contribution in [-0.4, -0.2) is 9.97 Å². The predicted molar refractivity (Wildman–Crippen MR) is 181 cm³/mol. The SMILES string of the molecule is [2H]C([2H])([2H])c1c[c-]c(-c2ccc(C([2H])([2H])C(C)(C)C)cn2)cc1-c1ccccc1.[Ir].[c-]1ccccc1-c1nc2sc3ccccc3c2s1. The Morgan fingerprint density at radius 1 is 0.860 bits per heavy atom. The van der Waals surface area contributed by atoms with Crippen LogP contribution in [0.4, 0.5) is 0 Å². The number of rotatable bonds is 4. The van der Waals surface area contributed by atoms with Gasteiger partial charge in [-0.1, -0.05) is 93.9 Å². The van der Waals surface area contributed by atoms with Crippen LogP contribution in [0.25, 0.3) is 52.6 Å². The molecule has 0 bridgehead atoms. The zero-order valence-electron chi connectivity index (χ0n) is 28.9. The Morgan fingerprint density at radius 2 is 1.65 bits per heavy atom. The second-order valence-electron chi connectivity index (χ2n) is 10.9. The van der Waals surface area contributed by atoms with Crippen molar-refractivity contribution in [3.8, 4) is 33.0 Å². The van der Waals surface area contributed by atoms with Gasteiger partial charge in [-0.25, -0.2) is 0 Å². The van der Waals surface area contributed by atoms with Crippen molar-refractivity contribution in [2.45, 2.75) is 34.0 Å². The van der Waals surface area contributed by atoms with E-state index in [1.54, 1.807) is 47.1 Å². The van der Waals surface area contributed by atoms with Crippen LogP contribution in [0.3, 0.4) is 0 Å². The van der Waals surface area contributed by atoms with E-state index in [1.807, 2.05) is 69.3 Å². The summed E-state index contributed by atoms with van der Waals surface area (Å²) in [6.07, 6.45) is 0.0246. The van der Waals surface area contributed by atoms with Gasteiger partial charge in [0.15, 0.2) is 0 Å². The Morgan fingerprint density at radius 3 is 2.37 bits per heavy atom. The Bertz CT molecular complexity index is 2130. The fraction of sp³-hybridized carbons (Fsp3) is 0.158. The predicted octanol–water partition coefficient (Wildman–Crippen LogP) is 11.1. The number of thiazole rings is 1. The molecule has 1 radical (unpaired) electrons. The van der Waals surface area contributed by atoms with Gasteiger partial charge in [0, 0.05) is 48.2 Å². The van der Waals surface area contributed by atoms with E-state index >= 15 is 0 Å². The quantitative estimate of drug-likeness (QED) is 0.166. The van der Waals surface area contributed by atoms with Gasteiger partial charge < -0.3 is 4.98 Å². The van der Waals surface area contributed by atoms with Gasteiger partial charge in [-0.2, -0.15) is 11.3 Å². The van der Waals surface area contributed by atoms with Gasteiger partial charge in [-0.3, -0.25) is 4.98 Å². The Labute approximate surface area is 282 Å². The van der Waals surface area contributed by atoms with Crippen molar-refractivity contribution in [2.75, 3.05) is 0 Å². The average Bonchev–Trinajstić information content (AvgIpc) is 3.63. The first-order valence-corrected chi connectivity index (χ1v) is 15.3. The van der Waals surface area contributed by atoms with E-state index in [0.717, 1.165) is 21.0 Å². The van der Waals surface area contributed by atoms with Gasteiger partial charge in [-0.05, 0) is 34.7 Å². The molecule has 0 unspecified atom stereocenters. The van der Waals surface area contributed by atoms with Crippen molar-refractivity contribution < 1.29 is 27.0 Å². The number of nitrogens with zero attached hydrogens (tertiary/aromatic N) is 2. The molecule has 7 rings (SSSR count). The fourth-order valence-corrected chi connectivity index (χ4v) is 6.93. The number of pyridine rings is 1. The summed E-state index contributed by atoms with van der Waals surface area (Å²) in [7, 11) is 0. The summed E-state index contributed by atoms with van der Waals surface area (Å²) in [6, 6.07) is 38.9. The normalized spacial score (nSPS) is 13.5. The van der Waals surface area contributed by atoms with Gasteiger partial charge in [0.2, 0.25) is 0 Å². The summed E-state index contributed by atoms with van der Waals surface area (Å²) in [6.45, 7) is 3.32. The molecular weight excluding hydrogens is 741 g/mol. The number of aromatic nitrogens is 2. The number of hydrogen-bond acceptors (Lipinski definition) is 4. The van der Waals surface area contributed by atoms with E-state index in [9.17, 15) is 0 Å². The standard InChI is InChI=1S/C23H24N.C15H8NS2.Ir/c1-17-10-12-20(14-21(17)19-8-6-5-7-9-19)22-13-11-18(16-24-22)15-23(2,3)4;1-2-6-10(7-3-1)14-16-15-13(18-14)11-8-4-5-9-12(11)17-15;/h5-11,13-14,16H,15H2,1-4H3;1-6,8-9H;/q2*-1;/i1D3,15D2;;. The first-order chi connectivity index (χ1) is 22.3. The molecule has 0 aliphatic heterocycles. The van der Waals surface area contributed by atoms with E-state index in [1.165, 1.54) is 20.9 Å². The van der Waals surface area contributed by atoms with E-state index in [0.29, 0.717) is 22.4 Å². The van der Waals surface area contributed by atoms with E-state index in [2.05, 4.69) is 47.4 Å². The fourth-order valence-electron chi connectivity index (χ4n) is 4.59. The summed E-state index contributed by atoms with van der Waals surface area (Å²) in [4.78, 5) is 10.3. The van der Waals surface area contributed by atoms with Crippen LogP contribution in [0.5, 0.6) is 0 Å². The van der Waals surface area contributed by atoms with E-state index in [-0.39, 0.29) is 25.7 Å². The second kappa shape index (κ2) is 13.4. The number of benzene rings is 4. The van der Waals surface area contributed by atoms with Gasteiger partial charge in [0.25, 0.3) is 0 Å². The third kappa shape index (κ3) is 7.37. The molecule has 0 spiro atoms. The molecule has 0 saturated carbocycles. The molecule has 0 saturated heterocycles. The van der Waals surface area contributed by atoms with Crippen LogP contribution in [0.2, 0.25) is 0 Å². The van der Waals surface area contributed by atoms with Crippen LogP contribution in [0.15, 0.2) is 109 Å². The molecule has 0 aliphatic carbocycles. The van der Waals surface area contributed by atoms with Gasteiger partial charge >= 0.3 is 0 Å². The number of fused-ring (bicyclic) bond motifs is 3. The minimum Gasteiger partial charge on any atom is -0.304 e. The summed E-state index contributed by atoms with van der Waals surface area (Å²) in [5.41, 5.74) is 3.99. The second-order valence-corrected chi connectivity index (χ2v) is 12.9. The maximum atomic E-state index is 8.39. The number of hydrogen-bond donors (Lipinski definition) is 0. The molecule has 3 aromatic heterocycles. The molecule has 43 heavy (non-hydrogen) atoms. The summed E-state index contributed by atoms with van der Waals surface area (Å²) < 4.78 is 42.9. The Kier molecular flexibility index (Phi) is 7.79. The van der Waals surface area contributed by atoms with Crippen LogP contribution >= 0.6 is 22.7 Å². The third-order valence-electron chi connectivity index (χ3n) is 6.47. The van der Waals surface area contributed by atoms with Gasteiger partial charge in [0.05, 0.1) is 4.70 Å². The molecule has 5 heteroatoms. The first kappa shape index (κ1) is 24.9. The topological polar surface area (TPSA) is 25.8 Å². The van der Waals surface area contributed by atoms with Crippen molar-refractivity contribution in [3.05, 3.63) is 133 Å². The van der Waals surface area contributed by atoms with Gasteiger partial charge in [-0.15, -0.1) is 76.6 Å². The monoisotopic (exact) mass is 778 g/mol. The Balaban J connectivity index is 0.000000202. The minimum absolute atomic E-state index is 0. The molecule has 3 heterocycles. The van der Waals surface area contributed by atoms with E-state index < -0.39 is 18.6 Å². The maximum absolute atomic E-state index is 8.39. The van der Waals surface area contributed by atoms with Crippen LogP contribution in [-0.2, 0) is 26.5 Å². The zero-order valence-corrected chi connectivity index (χ0v) is 28.0. The molecule has 4 aromatic carbocycles. The largest absolute Gasteiger partial charge is 0.304 e. The molecule has 0 atom stereocenters. The Hall–Kier alpha value is -3.47. The van der Waals surface area contributed by atoms with Crippen molar-refractivity contribution in [1.29, 1.82) is 0 Å². The van der Waals surface area contributed by atoms with Crippen molar-refractivity contribution in [3.63, 3.8) is 0 Å². The molecule has 2 nitrogen and oxygen atoms in total. The van der Waals surface area contributed by atoms with Crippen molar-refractivity contribution >= 4 is 42.3 Å². The molecule has 0 fully saturated rings. The summed E-state index contributed by atoms with van der Waals surface area (Å²) >= 11 is 3.52. The van der Waals surface area contributed by atoms with Crippen molar-refractivity contribution in [1.82, 2.24) is 9.97 Å². The third-order valence-corrected chi connectivity index (χ3v) is 8.78. The molecule has 0 aliphatic rings. The van der Waals surface area contributed by atoms with Crippen LogP contribution in [0, 0.1) is 24.4 Å². The average molecular weight is 778 g/mol. The number of thiophene rings is 1. The first-order valence-electron chi connectivity index (χ1n) is 16.2. The molecule has 7 aromatic rings. The molecular formula is C38H32IrN2S2-2. The molecule has 0 amide bonds. The smallest absolute Gasteiger partial charge is 0.124 e. The maximum Gasteiger partial charge on any atom is 0.124 e. The van der Waals surface area contributed by atoms with E-state index in [4.69, 9.17) is 11.8 Å². The van der Waals surface area contributed by atoms with Crippen molar-refractivity contribution in [2.24, 2.45) is 5.41 Å².